The van der Waals surface area contributed by atoms with Gasteiger partial charge in [-0.05, 0) is 24.5 Å². The van der Waals surface area contributed by atoms with Gasteiger partial charge >= 0.3 is 0 Å². The molecule has 0 saturated carbocycles. The second-order valence-electron chi connectivity index (χ2n) is 6.56. The second-order valence-corrected chi connectivity index (χ2v) is 8.82. The molecule has 3 rings (SSSR count). The molecule has 1 aromatic heterocycles. The molecule has 7 heteroatoms. The van der Waals surface area contributed by atoms with E-state index in [9.17, 15) is 13.7 Å². The highest BCUT2D eigenvalue weighted by Crippen LogP contribution is 2.44. The molecular formula is C17H18N4O2S. The van der Waals surface area contributed by atoms with Crippen LogP contribution < -0.4 is 0 Å². The summed E-state index contributed by atoms with van der Waals surface area (Å²) in [5, 5.41) is 18.9. The fourth-order valence-electron chi connectivity index (χ4n) is 3.65. The molecule has 2 aliphatic rings. The van der Waals surface area contributed by atoms with Crippen LogP contribution in [0.15, 0.2) is 30.6 Å². The topological polar surface area (TPSA) is 97.8 Å². The van der Waals surface area contributed by atoms with Crippen molar-refractivity contribution < 1.29 is 8.42 Å². The minimum Gasteiger partial charge on any atom is -0.289 e. The van der Waals surface area contributed by atoms with Gasteiger partial charge in [-0.2, -0.15) is 10.5 Å². The molecule has 0 spiro atoms. The van der Waals surface area contributed by atoms with Crippen molar-refractivity contribution in [3.05, 3.63) is 41.7 Å². The lowest BCUT2D eigenvalue weighted by atomic mass is 9.71. The van der Waals surface area contributed by atoms with Crippen molar-refractivity contribution in [3.8, 4) is 12.1 Å². The molecular weight excluding hydrogens is 324 g/mol. The monoisotopic (exact) mass is 342 g/mol. The van der Waals surface area contributed by atoms with Gasteiger partial charge in [0.1, 0.15) is 15.9 Å². The Kier molecular flexibility index (Phi) is 4.16. The fraction of sp³-hybridized carbons (Fsp3) is 0.471. The Labute approximate surface area is 141 Å². The lowest BCUT2D eigenvalue weighted by Crippen LogP contribution is -2.51. The number of hydrogen-bond donors (Lipinski definition) is 0. The van der Waals surface area contributed by atoms with Crippen LogP contribution in [0.4, 0.5) is 0 Å². The predicted molar refractivity (Wildman–Crippen MR) is 88.6 cm³/mol. The standard InChI is InChI=1S/C17H18N4O2S/c1-24(22,23)5-4-21-15-2-3-16(21)8-17(7-15,12-19)14-6-13(9-18)10-20-11-14/h2-3,6,10-11,15-16H,4-5,7-8H2,1H3. The van der Waals surface area contributed by atoms with Crippen molar-refractivity contribution in [1.29, 1.82) is 10.5 Å². The second kappa shape index (κ2) is 6.01. The van der Waals surface area contributed by atoms with Crippen molar-refractivity contribution in [2.24, 2.45) is 0 Å². The molecule has 1 fully saturated rings. The molecule has 0 amide bonds. The number of rotatable bonds is 4. The third-order valence-corrected chi connectivity index (χ3v) is 5.80. The van der Waals surface area contributed by atoms with Crippen molar-refractivity contribution >= 4 is 9.84 Å². The highest BCUT2D eigenvalue weighted by molar-refractivity contribution is 7.90. The van der Waals surface area contributed by atoms with Crippen LogP contribution in [0, 0.1) is 22.7 Å². The SMILES string of the molecule is CS(=O)(=O)CCN1C2C=CC1CC(C#N)(c1cncc(C#N)c1)C2. The van der Waals surface area contributed by atoms with Crippen molar-refractivity contribution in [1.82, 2.24) is 9.88 Å². The van der Waals surface area contributed by atoms with Gasteiger partial charge in [-0.3, -0.25) is 9.88 Å². The van der Waals surface area contributed by atoms with Gasteiger partial charge in [0.2, 0.25) is 0 Å². The summed E-state index contributed by atoms with van der Waals surface area (Å²) < 4.78 is 22.9. The summed E-state index contributed by atoms with van der Waals surface area (Å²) in [5.74, 6) is 0.118. The molecule has 0 radical (unpaired) electrons. The molecule has 1 aromatic rings. The molecule has 1 saturated heterocycles. The average Bonchev–Trinajstić information content (AvgIpc) is 2.81. The molecule has 2 atom stereocenters. The maximum absolute atomic E-state index is 11.4. The first-order chi connectivity index (χ1) is 11.4. The Morgan fingerprint density at radius 2 is 1.96 bits per heavy atom. The van der Waals surface area contributed by atoms with Gasteiger partial charge in [0.25, 0.3) is 0 Å². The molecule has 124 valence electrons. The summed E-state index contributed by atoms with van der Waals surface area (Å²) >= 11 is 0. The number of sulfone groups is 1. The molecule has 0 aromatic carbocycles. The number of fused-ring (bicyclic) bond motifs is 2. The Morgan fingerprint density at radius 1 is 1.29 bits per heavy atom. The summed E-state index contributed by atoms with van der Waals surface area (Å²) in [6.07, 6.45) is 9.68. The van der Waals surface area contributed by atoms with Crippen LogP contribution in [0.25, 0.3) is 0 Å². The van der Waals surface area contributed by atoms with Crippen LogP contribution in [-0.2, 0) is 15.3 Å². The zero-order valence-corrected chi connectivity index (χ0v) is 14.2. The average molecular weight is 342 g/mol. The number of aromatic nitrogens is 1. The van der Waals surface area contributed by atoms with Gasteiger partial charge in [0, 0.05) is 37.3 Å². The van der Waals surface area contributed by atoms with Crippen LogP contribution in [0.5, 0.6) is 0 Å². The third kappa shape index (κ3) is 3.06. The van der Waals surface area contributed by atoms with Crippen LogP contribution >= 0.6 is 0 Å². The minimum atomic E-state index is -3.02. The first-order valence-corrected chi connectivity index (χ1v) is 9.82. The first kappa shape index (κ1) is 16.6. The van der Waals surface area contributed by atoms with E-state index in [0.29, 0.717) is 24.9 Å². The lowest BCUT2D eigenvalue weighted by molar-refractivity contribution is 0.126. The van der Waals surface area contributed by atoms with Crippen molar-refractivity contribution in [3.63, 3.8) is 0 Å². The van der Waals surface area contributed by atoms with Crippen LogP contribution in [0.3, 0.4) is 0 Å². The van der Waals surface area contributed by atoms with Gasteiger partial charge in [-0.25, -0.2) is 8.42 Å². The van der Waals surface area contributed by atoms with Gasteiger partial charge < -0.3 is 0 Å². The third-order valence-electron chi connectivity index (χ3n) is 4.88. The molecule has 3 heterocycles. The highest BCUT2D eigenvalue weighted by atomic mass is 32.2. The molecule has 0 aliphatic carbocycles. The van der Waals surface area contributed by atoms with E-state index in [1.54, 1.807) is 12.3 Å². The maximum Gasteiger partial charge on any atom is 0.148 e. The lowest BCUT2D eigenvalue weighted by Gasteiger charge is -2.43. The van der Waals surface area contributed by atoms with E-state index < -0.39 is 15.3 Å². The van der Waals surface area contributed by atoms with E-state index in [4.69, 9.17) is 5.26 Å². The summed E-state index contributed by atoms with van der Waals surface area (Å²) in [4.78, 5) is 6.25. The number of piperidine rings is 1. The van der Waals surface area contributed by atoms with E-state index in [-0.39, 0.29) is 17.8 Å². The van der Waals surface area contributed by atoms with Gasteiger partial charge in [0.15, 0.2) is 0 Å². The Bertz CT molecular complexity index is 847. The molecule has 2 unspecified atom stereocenters. The largest absolute Gasteiger partial charge is 0.289 e. The maximum atomic E-state index is 11.4. The smallest absolute Gasteiger partial charge is 0.148 e. The highest BCUT2D eigenvalue weighted by Gasteiger charge is 2.47. The fourth-order valence-corrected chi connectivity index (χ4v) is 4.19. The van der Waals surface area contributed by atoms with E-state index in [1.165, 1.54) is 12.5 Å². The number of hydrogen-bond acceptors (Lipinski definition) is 6. The van der Waals surface area contributed by atoms with Crippen molar-refractivity contribution in [2.75, 3.05) is 18.6 Å². The molecule has 6 nitrogen and oxygen atoms in total. The Hall–Kier alpha value is -2.22. The van der Waals surface area contributed by atoms with Crippen molar-refractivity contribution in [2.45, 2.75) is 30.3 Å². The number of nitrogens with zero attached hydrogens (tertiary/aromatic N) is 4. The Balaban J connectivity index is 1.85. The minimum absolute atomic E-state index is 0.0379. The van der Waals surface area contributed by atoms with Crippen LogP contribution in [0.1, 0.15) is 24.0 Å². The zero-order chi connectivity index (χ0) is 17.4. The van der Waals surface area contributed by atoms with Gasteiger partial charge in [-0.15, -0.1) is 0 Å². The molecule has 24 heavy (non-hydrogen) atoms. The summed E-state index contributed by atoms with van der Waals surface area (Å²) in [5.41, 5.74) is 0.521. The van der Waals surface area contributed by atoms with Gasteiger partial charge in [0.05, 0.1) is 22.8 Å². The molecule has 2 bridgehead atoms. The molecule has 2 aliphatic heterocycles. The van der Waals surface area contributed by atoms with E-state index in [0.717, 1.165) is 5.56 Å². The quantitative estimate of drug-likeness (QED) is 0.762. The number of pyridine rings is 1. The van der Waals surface area contributed by atoms with Crippen LogP contribution in [0.2, 0.25) is 0 Å². The van der Waals surface area contributed by atoms with E-state index in [2.05, 4.69) is 34.2 Å². The number of nitriles is 2. The Morgan fingerprint density at radius 3 is 2.50 bits per heavy atom. The van der Waals surface area contributed by atoms with E-state index >= 15 is 0 Å². The zero-order valence-electron chi connectivity index (χ0n) is 13.4. The predicted octanol–water partition coefficient (Wildman–Crippen LogP) is 1.16. The first-order valence-electron chi connectivity index (χ1n) is 7.75. The van der Waals surface area contributed by atoms with Gasteiger partial charge in [-0.1, -0.05) is 12.2 Å². The normalized spacial score (nSPS) is 29.1. The summed E-state index contributed by atoms with van der Waals surface area (Å²) in [6.45, 7) is 0.471. The molecule has 0 N–H and O–H groups in total. The summed E-state index contributed by atoms with van der Waals surface area (Å²) in [7, 11) is -3.02. The van der Waals surface area contributed by atoms with E-state index in [1.807, 2.05) is 0 Å². The van der Waals surface area contributed by atoms with Crippen LogP contribution in [-0.4, -0.2) is 48.9 Å². The summed E-state index contributed by atoms with van der Waals surface area (Å²) in [6, 6.07) is 6.32.